The van der Waals surface area contributed by atoms with E-state index in [-0.39, 0.29) is 12.5 Å². The maximum absolute atomic E-state index is 12.0. The van der Waals surface area contributed by atoms with E-state index in [0.29, 0.717) is 35.5 Å². The molecule has 6 nitrogen and oxygen atoms in total. The molecule has 172 valence electrons. The van der Waals surface area contributed by atoms with Gasteiger partial charge in [-0.25, -0.2) is 5.43 Å². The maximum atomic E-state index is 12.0. The van der Waals surface area contributed by atoms with Gasteiger partial charge in [-0.1, -0.05) is 29.8 Å². The highest BCUT2D eigenvalue weighted by atomic mass is 35.5. The lowest BCUT2D eigenvalue weighted by Crippen LogP contribution is -2.24. The third kappa shape index (κ3) is 7.54. The molecule has 0 radical (unpaired) electrons. The molecule has 0 aliphatic carbocycles. The van der Waals surface area contributed by atoms with Crippen molar-refractivity contribution in [3.63, 3.8) is 0 Å². The van der Waals surface area contributed by atoms with Gasteiger partial charge in [0.25, 0.3) is 5.91 Å². The third-order valence-electron chi connectivity index (χ3n) is 4.83. The molecule has 0 bridgehead atoms. The van der Waals surface area contributed by atoms with E-state index < -0.39 is 0 Å². The predicted molar refractivity (Wildman–Crippen MR) is 131 cm³/mol. The Labute approximate surface area is 199 Å². The molecule has 0 unspecified atom stereocenters. The van der Waals surface area contributed by atoms with E-state index >= 15 is 0 Å². The molecular weight excluding hydrogens is 440 g/mol. The molecule has 0 aliphatic rings. The highest BCUT2D eigenvalue weighted by Gasteiger charge is 2.07. The van der Waals surface area contributed by atoms with Crippen molar-refractivity contribution in [2.75, 3.05) is 13.2 Å². The first-order valence-corrected chi connectivity index (χ1v) is 11.0. The molecule has 3 aromatic rings. The second-order valence-electron chi connectivity index (χ2n) is 7.38. The molecule has 3 aromatic carbocycles. The van der Waals surface area contributed by atoms with Crippen molar-refractivity contribution in [3.8, 4) is 17.2 Å². The van der Waals surface area contributed by atoms with Gasteiger partial charge >= 0.3 is 0 Å². The summed E-state index contributed by atoms with van der Waals surface area (Å²) in [6.45, 7) is 6.68. The van der Waals surface area contributed by atoms with Crippen molar-refractivity contribution in [1.29, 1.82) is 0 Å². The molecule has 1 N–H and O–H groups in total. The van der Waals surface area contributed by atoms with Crippen LogP contribution in [-0.4, -0.2) is 25.3 Å². The third-order valence-corrected chi connectivity index (χ3v) is 5.08. The Morgan fingerprint density at radius 3 is 2.45 bits per heavy atom. The highest BCUT2D eigenvalue weighted by Crippen LogP contribution is 2.29. The second-order valence-corrected chi connectivity index (χ2v) is 7.82. The average Bonchev–Trinajstić information content (AvgIpc) is 2.80. The topological polar surface area (TPSA) is 69.2 Å². The number of carbonyl (C=O) groups excluding carboxylic acids is 1. The zero-order valence-electron chi connectivity index (χ0n) is 18.9. The summed E-state index contributed by atoms with van der Waals surface area (Å²) in [5, 5.41) is 4.69. The number of carbonyl (C=O) groups is 1. The summed E-state index contributed by atoms with van der Waals surface area (Å²) >= 11 is 5.92. The molecule has 1 amide bonds. The van der Waals surface area contributed by atoms with Gasteiger partial charge in [0.05, 0.1) is 12.8 Å². The Kier molecular flexibility index (Phi) is 8.72. The Bertz CT molecular complexity index is 1110. The van der Waals surface area contributed by atoms with Crippen LogP contribution in [0, 0.1) is 13.8 Å². The Morgan fingerprint density at radius 2 is 1.73 bits per heavy atom. The van der Waals surface area contributed by atoms with E-state index in [1.54, 1.807) is 6.21 Å². The van der Waals surface area contributed by atoms with Crippen LogP contribution in [-0.2, 0) is 11.4 Å². The second kappa shape index (κ2) is 11.9. The van der Waals surface area contributed by atoms with Gasteiger partial charge < -0.3 is 14.2 Å². The van der Waals surface area contributed by atoms with Gasteiger partial charge in [0.15, 0.2) is 18.1 Å². The highest BCUT2D eigenvalue weighted by molar-refractivity contribution is 6.30. The Hall–Kier alpha value is -3.51. The summed E-state index contributed by atoms with van der Waals surface area (Å²) in [5.74, 6) is 1.51. The standard InChI is InChI=1S/C26H27ClN2O4/c1-4-31-25-14-21(8-12-24(25)33-16-20-6-9-22(27)10-7-20)15-28-29-26(30)17-32-23-11-5-18(2)19(3)13-23/h5-15H,4,16-17H2,1-3H3,(H,29,30)/b28-15+. The van der Waals surface area contributed by atoms with E-state index in [1.165, 1.54) is 5.56 Å². The van der Waals surface area contributed by atoms with Crippen molar-refractivity contribution in [2.45, 2.75) is 27.4 Å². The van der Waals surface area contributed by atoms with Crippen molar-refractivity contribution in [2.24, 2.45) is 5.10 Å². The number of hydrogen-bond acceptors (Lipinski definition) is 5. The molecule has 0 saturated heterocycles. The normalized spacial score (nSPS) is 10.8. The van der Waals surface area contributed by atoms with Crippen LogP contribution in [0.1, 0.15) is 29.2 Å². The molecule has 7 heteroatoms. The summed E-state index contributed by atoms with van der Waals surface area (Å²) in [7, 11) is 0. The summed E-state index contributed by atoms with van der Waals surface area (Å²) < 4.78 is 17.1. The summed E-state index contributed by atoms with van der Waals surface area (Å²) in [4.78, 5) is 12.0. The van der Waals surface area contributed by atoms with Crippen LogP contribution in [0.15, 0.2) is 65.8 Å². The molecule has 0 fully saturated rings. The molecule has 0 spiro atoms. The fraction of sp³-hybridized carbons (Fsp3) is 0.231. The lowest BCUT2D eigenvalue weighted by Gasteiger charge is -2.12. The molecule has 3 rings (SSSR count). The fourth-order valence-corrected chi connectivity index (χ4v) is 3.02. The minimum Gasteiger partial charge on any atom is -0.490 e. The van der Waals surface area contributed by atoms with E-state index in [1.807, 2.05) is 81.4 Å². The number of hydrogen-bond donors (Lipinski definition) is 1. The van der Waals surface area contributed by atoms with Crippen molar-refractivity contribution in [3.05, 3.63) is 87.9 Å². The monoisotopic (exact) mass is 466 g/mol. The lowest BCUT2D eigenvalue weighted by molar-refractivity contribution is -0.123. The number of halogens is 1. The summed E-state index contributed by atoms with van der Waals surface area (Å²) in [5.41, 5.74) is 6.50. The number of rotatable bonds is 10. The average molecular weight is 467 g/mol. The molecule has 0 aromatic heterocycles. The molecule has 0 heterocycles. The van der Waals surface area contributed by atoms with Crippen LogP contribution in [0.4, 0.5) is 0 Å². The van der Waals surface area contributed by atoms with Gasteiger partial charge in [-0.3, -0.25) is 4.79 Å². The van der Waals surface area contributed by atoms with E-state index in [2.05, 4.69) is 10.5 Å². The molecule has 0 aliphatic heterocycles. The minimum absolute atomic E-state index is 0.123. The first-order chi connectivity index (χ1) is 15.9. The number of amides is 1. The van der Waals surface area contributed by atoms with Crippen LogP contribution >= 0.6 is 11.6 Å². The quantitative estimate of drug-likeness (QED) is 0.318. The van der Waals surface area contributed by atoms with Gasteiger partial charge in [-0.2, -0.15) is 5.10 Å². The molecule has 0 atom stereocenters. The van der Waals surface area contributed by atoms with E-state index in [9.17, 15) is 4.79 Å². The van der Waals surface area contributed by atoms with Crippen molar-refractivity contribution in [1.82, 2.24) is 5.43 Å². The Morgan fingerprint density at radius 1 is 0.939 bits per heavy atom. The van der Waals surface area contributed by atoms with Crippen LogP contribution < -0.4 is 19.6 Å². The lowest BCUT2D eigenvalue weighted by atomic mass is 10.1. The van der Waals surface area contributed by atoms with Gasteiger partial charge in [0.1, 0.15) is 12.4 Å². The zero-order chi connectivity index (χ0) is 23.6. The van der Waals surface area contributed by atoms with Gasteiger partial charge in [0, 0.05) is 5.02 Å². The van der Waals surface area contributed by atoms with Crippen LogP contribution in [0.2, 0.25) is 5.02 Å². The Balaban J connectivity index is 1.54. The number of nitrogens with one attached hydrogen (secondary N) is 1. The first-order valence-electron chi connectivity index (χ1n) is 10.6. The minimum atomic E-state index is -0.350. The predicted octanol–water partition coefficient (Wildman–Crippen LogP) is 5.46. The van der Waals surface area contributed by atoms with E-state index in [0.717, 1.165) is 16.7 Å². The molecular formula is C26H27ClN2O4. The molecule has 0 saturated carbocycles. The van der Waals surface area contributed by atoms with Crippen LogP contribution in [0.25, 0.3) is 0 Å². The van der Waals surface area contributed by atoms with Gasteiger partial charge in [-0.05, 0) is 85.5 Å². The van der Waals surface area contributed by atoms with Gasteiger partial charge in [-0.15, -0.1) is 0 Å². The number of benzene rings is 3. The first kappa shape index (κ1) is 24.1. The number of ether oxygens (including phenoxy) is 3. The zero-order valence-corrected chi connectivity index (χ0v) is 19.7. The molecule has 33 heavy (non-hydrogen) atoms. The SMILES string of the molecule is CCOc1cc(/C=N/NC(=O)COc2ccc(C)c(C)c2)ccc1OCc1ccc(Cl)cc1. The largest absolute Gasteiger partial charge is 0.490 e. The van der Waals surface area contributed by atoms with Crippen molar-refractivity contribution < 1.29 is 19.0 Å². The van der Waals surface area contributed by atoms with E-state index in [4.69, 9.17) is 25.8 Å². The number of hydrazone groups is 1. The fourth-order valence-electron chi connectivity index (χ4n) is 2.90. The van der Waals surface area contributed by atoms with Crippen LogP contribution in [0.3, 0.4) is 0 Å². The summed E-state index contributed by atoms with van der Waals surface area (Å²) in [6, 6.07) is 18.6. The maximum Gasteiger partial charge on any atom is 0.277 e. The van der Waals surface area contributed by atoms with Gasteiger partial charge in [0.2, 0.25) is 0 Å². The van der Waals surface area contributed by atoms with Crippen LogP contribution in [0.5, 0.6) is 17.2 Å². The number of aryl methyl sites for hydroxylation is 2. The smallest absolute Gasteiger partial charge is 0.277 e. The number of nitrogens with zero attached hydrogens (tertiary/aromatic N) is 1. The summed E-state index contributed by atoms with van der Waals surface area (Å²) in [6.07, 6.45) is 1.54. The van der Waals surface area contributed by atoms with Crippen molar-refractivity contribution >= 4 is 23.7 Å².